The highest BCUT2D eigenvalue weighted by Crippen LogP contribution is 2.21. The maximum absolute atomic E-state index is 12.2. The lowest BCUT2D eigenvalue weighted by molar-refractivity contribution is 0.0258. The first-order valence-corrected chi connectivity index (χ1v) is 8.64. The van der Waals surface area contributed by atoms with E-state index in [-0.39, 0.29) is 12.1 Å². The molecule has 1 amide bonds. The lowest BCUT2D eigenvalue weighted by atomic mass is 10.0. The molecular weight excluding hydrogens is 318 g/mol. The summed E-state index contributed by atoms with van der Waals surface area (Å²) in [6.07, 6.45) is 4.61. The van der Waals surface area contributed by atoms with Crippen molar-refractivity contribution in [2.45, 2.75) is 45.6 Å². The number of hydrogen-bond donors (Lipinski definition) is 0. The number of hydrogen-bond acceptors (Lipinski definition) is 4. The third-order valence-corrected chi connectivity index (χ3v) is 3.98. The second-order valence-electron chi connectivity index (χ2n) is 7.24. The number of benzene rings is 1. The minimum Gasteiger partial charge on any atom is -0.465 e. The molecule has 1 aromatic carbocycles. The maximum Gasteiger partial charge on any atom is 0.410 e. The highest BCUT2D eigenvalue weighted by atomic mass is 16.6. The van der Waals surface area contributed by atoms with E-state index in [1.165, 1.54) is 12.7 Å². The standard InChI is InChI=1S/C20H27NO4/c1-20(2,3)25-19(23)21-12-5-6-15(11-13-21)14-16-7-9-17(10-8-16)18(22)24-4/h7-10,14H,5-6,11-13H2,1-4H3/b15-14-. The van der Waals surface area contributed by atoms with Crippen LogP contribution in [0.25, 0.3) is 6.08 Å². The summed E-state index contributed by atoms with van der Waals surface area (Å²) in [5.41, 5.74) is 2.43. The Bertz CT molecular complexity index is 641. The summed E-state index contributed by atoms with van der Waals surface area (Å²) in [4.78, 5) is 25.5. The molecule has 0 bridgehead atoms. The van der Waals surface area contributed by atoms with E-state index in [2.05, 4.69) is 6.08 Å². The van der Waals surface area contributed by atoms with E-state index in [0.29, 0.717) is 18.7 Å². The Morgan fingerprint density at radius 1 is 1.08 bits per heavy atom. The van der Waals surface area contributed by atoms with Gasteiger partial charge in [0.1, 0.15) is 5.60 Å². The van der Waals surface area contributed by atoms with Crippen LogP contribution in [0.15, 0.2) is 29.8 Å². The fourth-order valence-corrected chi connectivity index (χ4v) is 2.73. The molecular formula is C20H27NO4. The van der Waals surface area contributed by atoms with E-state index >= 15 is 0 Å². The number of methoxy groups -OCH3 is 1. The van der Waals surface area contributed by atoms with Gasteiger partial charge in [-0.25, -0.2) is 9.59 Å². The molecule has 25 heavy (non-hydrogen) atoms. The number of nitrogens with zero attached hydrogens (tertiary/aromatic N) is 1. The van der Waals surface area contributed by atoms with E-state index in [1.807, 2.05) is 32.9 Å². The molecule has 0 saturated carbocycles. The molecule has 0 N–H and O–H groups in total. The molecule has 1 heterocycles. The van der Waals surface area contributed by atoms with Gasteiger partial charge in [-0.3, -0.25) is 0 Å². The molecule has 1 aliphatic heterocycles. The predicted molar refractivity (Wildman–Crippen MR) is 97.4 cm³/mol. The number of rotatable bonds is 2. The molecule has 1 fully saturated rings. The van der Waals surface area contributed by atoms with Crippen molar-refractivity contribution >= 4 is 18.1 Å². The predicted octanol–water partition coefficient (Wildman–Crippen LogP) is 4.28. The molecule has 5 heteroatoms. The first-order valence-electron chi connectivity index (χ1n) is 8.64. The molecule has 0 atom stereocenters. The average Bonchev–Trinajstić information content (AvgIpc) is 2.79. The van der Waals surface area contributed by atoms with Crippen LogP contribution in [-0.2, 0) is 9.47 Å². The van der Waals surface area contributed by atoms with Crippen molar-refractivity contribution in [2.75, 3.05) is 20.2 Å². The minimum absolute atomic E-state index is 0.240. The van der Waals surface area contributed by atoms with Crippen molar-refractivity contribution in [1.82, 2.24) is 4.90 Å². The van der Waals surface area contributed by atoms with E-state index in [1.54, 1.807) is 17.0 Å². The van der Waals surface area contributed by atoms with E-state index in [4.69, 9.17) is 9.47 Å². The van der Waals surface area contributed by atoms with Gasteiger partial charge in [0.05, 0.1) is 12.7 Å². The molecule has 0 aliphatic carbocycles. The minimum atomic E-state index is -0.469. The zero-order valence-corrected chi connectivity index (χ0v) is 15.5. The van der Waals surface area contributed by atoms with Crippen molar-refractivity contribution in [1.29, 1.82) is 0 Å². The monoisotopic (exact) mass is 345 g/mol. The summed E-state index contributed by atoms with van der Waals surface area (Å²) < 4.78 is 10.2. The van der Waals surface area contributed by atoms with Crippen LogP contribution in [0.5, 0.6) is 0 Å². The number of carbonyl (C=O) groups excluding carboxylic acids is 2. The molecule has 2 rings (SSSR count). The number of ether oxygens (including phenoxy) is 2. The summed E-state index contributed by atoms with van der Waals surface area (Å²) in [7, 11) is 1.38. The Balaban J connectivity index is 1.99. The zero-order valence-electron chi connectivity index (χ0n) is 15.5. The van der Waals surface area contributed by atoms with Crippen LogP contribution in [0, 0.1) is 0 Å². The zero-order chi connectivity index (χ0) is 18.4. The van der Waals surface area contributed by atoms with Crippen LogP contribution in [0.4, 0.5) is 4.79 Å². The molecule has 5 nitrogen and oxygen atoms in total. The SMILES string of the molecule is COC(=O)c1ccc(/C=C2/CCCN(C(=O)OC(C)(C)C)CC2)cc1. The van der Waals surface area contributed by atoms with Crippen molar-refractivity contribution in [3.05, 3.63) is 41.0 Å². The van der Waals surface area contributed by atoms with Gasteiger partial charge >= 0.3 is 12.1 Å². The fourth-order valence-electron chi connectivity index (χ4n) is 2.73. The van der Waals surface area contributed by atoms with E-state index < -0.39 is 5.60 Å². The van der Waals surface area contributed by atoms with Crippen LogP contribution < -0.4 is 0 Å². The van der Waals surface area contributed by atoms with Gasteiger partial charge in [-0.2, -0.15) is 0 Å². The number of likely N-dealkylation sites (tertiary alicyclic amines) is 1. The molecule has 1 aliphatic rings. The molecule has 1 aromatic rings. The Labute approximate surface area is 149 Å². The van der Waals surface area contributed by atoms with Crippen LogP contribution in [0.2, 0.25) is 0 Å². The molecule has 0 aromatic heterocycles. The second kappa shape index (κ2) is 8.19. The van der Waals surface area contributed by atoms with Gasteiger partial charge < -0.3 is 14.4 Å². The number of amides is 1. The normalized spacial score (nSPS) is 17.1. The third kappa shape index (κ3) is 5.93. The summed E-state index contributed by atoms with van der Waals surface area (Å²) in [5.74, 6) is -0.332. The largest absolute Gasteiger partial charge is 0.465 e. The third-order valence-electron chi connectivity index (χ3n) is 3.98. The van der Waals surface area contributed by atoms with Crippen LogP contribution in [-0.4, -0.2) is 42.8 Å². The topological polar surface area (TPSA) is 55.8 Å². The summed E-state index contributed by atoms with van der Waals surface area (Å²) in [6.45, 7) is 7.03. The van der Waals surface area contributed by atoms with Crippen LogP contribution in [0.3, 0.4) is 0 Å². The van der Waals surface area contributed by atoms with Gasteiger partial charge in [0, 0.05) is 13.1 Å². The highest BCUT2D eigenvalue weighted by molar-refractivity contribution is 5.89. The average molecular weight is 345 g/mol. The van der Waals surface area contributed by atoms with Crippen LogP contribution in [0.1, 0.15) is 56.0 Å². The number of carbonyl (C=O) groups is 2. The van der Waals surface area contributed by atoms with Gasteiger partial charge in [0.25, 0.3) is 0 Å². The smallest absolute Gasteiger partial charge is 0.410 e. The molecule has 0 unspecified atom stereocenters. The van der Waals surface area contributed by atoms with Gasteiger partial charge in [0.2, 0.25) is 0 Å². The lowest BCUT2D eigenvalue weighted by Crippen LogP contribution is -2.37. The van der Waals surface area contributed by atoms with Crippen molar-refractivity contribution in [2.24, 2.45) is 0 Å². The molecule has 0 spiro atoms. The second-order valence-corrected chi connectivity index (χ2v) is 7.24. The summed E-state index contributed by atoms with van der Waals surface area (Å²) >= 11 is 0. The Kier molecular flexibility index (Phi) is 6.23. The van der Waals surface area contributed by atoms with Crippen molar-refractivity contribution in [3.8, 4) is 0 Å². The molecule has 0 radical (unpaired) electrons. The van der Waals surface area contributed by atoms with Gasteiger partial charge in [-0.05, 0) is 57.7 Å². The fraction of sp³-hybridized carbons (Fsp3) is 0.500. The Hall–Kier alpha value is -2.30. The highest BCUT2D eigenvalue weighted by Gasteiger charge is 2.23. The van der Waals surface area contributed by atoms with Crippen LogP contribution >= 0.6 is 0 Å². The summed E-state index contributed by atoms with van der Waals surface area (Å²) in [5, 5.41) is 0. The quantitative estimate of drug-likeness (QED) is 0.751. The Morgan fingerprint density at radius 3 is 2.36 bits per heavy atom. The number of esters is 1. The van der Waals surface area contributed by atoms with Crippen molar-refractivity contribution < 1.29 is 19.1 Å². The van der Waals surface area contributed by atoms with Crippen molar-refractivity contribution in [3.63, 3.8) is 0 Å². The maximum atomic E-state index is 12.2. The van der Waals surface area contributed by atoms with E-state index in [0.717, 1.165) is 24.8 Å². The lowest BCUT2D eigenvalue weighted by Gasteiger charge is -2.26. The molecule has 136 valence electrons. The van der Waals surface area contributed by atoms with Gasteiger partial charge in [-0.1, -0.05) is 23.8 Å². The first kappa shape index (κ1) is 19.0. The van der Waals surface area contributed by atoms with E-state index in [9.17, 15) is 9.59 Å². The van der Waals surface area contributed by atoms with Gasteiger partial charge in [-0.15, -0.1) is 0 Å². The Morgan fingerprint density at radius 2 is 1.76 bits per heavy atom. The molecule has 1 saturated heterocycles. The van der Waals surface area contributed by atoms with Gasteiger partial charge in [0.15, 0.2) is 0 Å². The first-order chi connectivity index (χ1) is 11.8. The summed E-state index contributed by atoms with van der Waals surface area (Å²) in [6, 6.07) is 7.36.